The highest BCUT2D eigenvalue weighted by Crippen LogP contribution is 2.22. The van der Waals surface area contributed by atoms with E-state index >= 15 is 0 Å². The number of hydrogen-bond donors (Lipinski definition) is 0. The highest BCUT2D eigenvalue weighted by atomic mass is 32.2. The molecule has 1 aromatic carbocycles. The molecule has 2 heteroatoms. The van der Waals surface area contributed by atoms with Gasteiger partial charge in [0.25, 0.3) is 0 Å². The van der Waals surface area contributed by atoms with Gasteiger partial charge < -0.3 is 4.74 Å². The zero-order chi connectivity index (χ0) is 19.4. The van der Waals surface area contributed by atoms with Crippen LogP contribution in [-0.2, 0) is 0 Å². The quantitative estimate of drug-likeness (QED) is 0.171. The highest BCUT2D eigenvalue weighted by Gasteiger charge is 1.97. The maximum atomic E-state index is 5.20. The Kier molecular flexibility index (Phi) is 16.9. The molecule has 1 rings (SSSR count). The summed E-state index contributed by atoms with van der Waals surface area (Å²) in [5.41, 5.74) is 0. The van der Waals surface area contributed by atoms with Crippen molar-refractivity contribution in [2.75, 3.05) is 12.9 Å². The molecule has 0 fully saturated rings. The molecule has 0 N–H and O–H groups in total. The third-order valence-corrected chi connectivity index (χ3v) is 6.42. The van der Waals surface area contributed by atoms with Crippen LogP contribution in [0.15, 0.2) is 29.2 Å². The molecule has 0 saturated heterocycles. The topological polar surface area (TPSA) is 9.23 Å². The number of benzene rings is 1. The van der Waals surface area contributed by atoms with E-state index in [1.807, 2.05) is 11.8 Å². The molecule has 0 heterocycles. The van der Waals surface area contributed by atoms with E-state index in [0.29, 0.717) is 0 Å². The van der Waals surface area contributed by atoms with E-state index in [4.69, 9.17) is 4.74 Å². The van der Waals surface area contributed by atoms with Gasteiger partial charge >= 0.3 is 0 Å². The minimum absolute atomic E-state index is 0.946. The zero-order valence-corrected chi connectivity index (χ0v) is 19.0. The van der Waals surface area contributed by atoms with Crippen molar-refractivity contribution in [2.45, 2.75) is 115 Å². The average molecular weight is 393 g/mol. The average Bonchev–Trinajstić information content (AvgIpc) is 2.70. The van der Waals surface area contributed by atoms with E-state index in [1.165, 1.54) is 113 Å². The largest absolute Gasteiger partial charge is 0.497 e. The molecule has 0 atom stereocenters. The smallest absolute Gasteiger partial charge is 0.118 e. The van der Waals surface area contributed by atoms with E-state index < -0.39 is 0 Å². The lowest BCUT2D eigenvalue weighted by atomic mass is 10.0. The van der Waals surface area contributed by atoms with Gasteiger partial charge in [-0.25, -0.2) is 0 Å². The second-order valence-corrected chi connectivity index (χ2v) is 9.00. The van der Waals surface area contributed by atoms with Crippen molar-refractivity contribution in [1.82, 2.24) is 0 Å². The van der Waals surface area contributed by atoms with Crippen LogP contribution in [0.25, 0.3) is 0 Å². The van der Waals surface area contributed by atoms with Crippen LogP contribution in [-0.4, -0.2) is 12.9 Å². The summed E-state index contributed by atoms with van der Waals surface area (Å²) < 4.78 is 5.20. The molecule has 0 bridgehead atoms. The summed E-state index contributed by atoms with van der Waals surface area (Å²) in [6.07, 6.45) is 23.0. The SMILES string of the molecule is CCCCCCCCCCCCCCCCCCSc1ccc(OC)cc1. The van der Waals surface area contributed by atoms with E-state index in [1.54, 1.807) is 7.11 Å². The van der Waals surface area contributed by atoms with E-state index in [0.717, 1.165) is 5.75 Å². The van der Waals surface area contributed by atoms with Crippen molar-refractivity contribution in [3.05, 3.63) is 24.3 Å². The van der Waals surface area contributed by atoms with Crippen LogP contribution in [0.4, 0.5) is 0 Å². The molecule has 156 valence electrons. The molecule has 1 nitrogen and oxygen atoms in total. The maximum absolute atomic E-state index is 5.20. The number of thioether (sulfide) groups is 1. The van der Waals surface area contributed by atoms with Gasteiger partial charge in [-0.15, -0.1) is 11.8 Å². The molecule has 0 aliphatic heterocycles. The lowest BCUT2D eigenvalue weighted by Crippen LogP contribution is -1.85. The van der Waals surface area contributed by atoms with Gasteiger partial charge in [0.15, 0.2) is 0 Å². The van der Waals surface area contributed by atoms with Crippen LogP contribution in [0.5, 0.6) is 5.75 Å². The zero-order valence-electron chi connectivity index (χ0n) is 18.1. The van der Waals surface area contributed by atoms with Gasteiger partial charge in [-0.05, 0) is 36.4 Å². The summed E-state index contributed by atoms with van der Waals surface area (Å²) in [6.45, 7) is 2.29. The summed E-state index contributed by atoms with van der Waals surface area (Å²) in [7, 11) is 1.72. The Morgan fingerprint density at radius 2 is 1.00 bits per heavy atom. The molecule has 27 heavy (non-hydrogen) atoms. The first-order valence-corrected chi connectivity index (χ1v) is 12.6. The molecule has 1 aromatic rings. The van der Waals surface area contributed by atoms with Crippen LogP contribution in [0.1, 0.15) is 110 Å². The number of hydrogen-bond acceptors (Lipinski definition) is 2. The van der Waals surface area contributed by atoms with E-state index in [9.17, 15) is 0 Å². The first-order chi connectivity index (χ1) is 13.4. The monoisotopic (exact) mass is 392 g/mol. The Morgan fingerprint density at radius 1 is 0.593 bits per heavy atom. The Bertz CT molecular complexity index is 415. The highest BCUT2D eigenvalue weighted by molar-refractivity contribution is 7.99. The molecular formula is C25H44OS. The van der Waals surface area contributed by atoms with Crippen molar-refractivity contribution in [3.63, 3.8) is 0 Å². The number of unbranched alkanes of at least 4 members (excludes halogenated alkanes) is 15. The van der Waals surface area contributed by atoms with Gasteiger partial charge in [0.2, 0.25) is 0 Å². The Hall–Kier alpha value is -0.630. The second-order valence-electron chi connectivity index (χ2n) is 7.83. The van der Waals surface area contributed by atoms with Crippen molar-refractivity contribution >= 4 is 11.8 Å². The molecule has 0 aliphatic carbocycles. The molecule has 0 saturated carbocycles. The third-order valence-electron chi connectivity index (χ3n) is 5.33. The van der Waals surface area contributed by atoms with Crippen LogP contribution in [0.2, 0.25) is 0 Å². The molecule has 0 radical (unpaired) electrons. The Labute approximate surface area is 174 Å². The Balaban J connectivity index is 1.75. The molecular weight excluding hydrogens is 348 g/mol. The molecule has 0 aromatic heterocycles. The summed E-state index contributed by atoms with van der Waals surface area (Å²) in [6, 6.07) is 8.43. The predicted molar refractivity (Wildman–Crippen MR) is 123 cm³/mol. The van der Waals surface area contributed by atoms with Gasteiger partial charge in [0, 0.05) is 4.90 Å². The van der Waals surface area contributed by atoms with Crippen molar-refractivity contribution in [1.29, 1.82) is 0 Å². The van der Waals surface area contributed by atoms with Crippen LogP contribution < -0.4 is 4.74 Å². The van der Waals surface area contributed by atoms with Gasteiger partial charge in [0.1, 0.15) is 5.75 Å². The van der Waals surface area contributed by atoms with Gasteiger partial charge in [-0.3, -0.25) is 0 Å². The number of methoxy groups -OCH3 is 1. The second kappa shape index (κ2) is 18.7. The first kappa shape index (κ1) is 24.4. The van der Waals surface area contributed by atoms with Crippen LogP contribution in [0, 0.1) is 0 Å². The summed E-state index contributed by atoms with van der Waals surface area (Å²) in [5, 5.41) is 0. The summed E-state index contributed by atoms with van der Waals surface area (Å²) in [5.74, 6) is 2.19. The minimum atomic E-state index is 0.946. The van der Waals surface area contributed by atoms with Crippen molar-refractivity contribution in [3.8, 4) is 5.75 Å². The number of rotatable bonds is 19. The lowest BCUT2D eigenvalue weighted by Gasteiger charge is -2.04. The van der Waals surface area contributed by atoms with Crippen molar-refractivity contribution < 1.29 is 4.74 Å². The third kappa shape index (κ3) is 15.0. The van der Waals surface area contributed by atoms with E-state index in [2.05, 4.69) is 31.2 Å². The fraction of sp³-hybridized carbons (Fsp3) is 0.760. The normalized spacial score (nSPS) is 11.0. The molecule has 0 spiro atoms. The molecule has 0 unspecified atom stereocenters. The summed E-state index contributed by atoms with van der Waals surface area (Å²) >= 11 is 1.97. The maximum Gasteiger partial charge on any atom is 0.118 e. The number of ether oxygens (including phenoxy) is 1. The van der Waals surface area contributed by atoms with Crippen molar-refractivity contribution in [2.24, 2.45) is 0 Å². The van der Waals surface area contributed by atoms with Gasteiger partial charge in [0.05, 0.1) is 7.11 Å². The minimum Gasteiger partial charge on any atom is -0.497 e. The lowest BCUT2D eigenvalue weighted by molar-refractivity contribution is 0.414. The Morgan fingerprint density at radius 3 is 1.41 bits per heavy atom. The molecule has 0 amide bonds. The van der Waals surface area contributed by atoms with Crippen LogP contribution in [0.3, 0.4) is 0 Å². The first-order valence-electron chi connectivity index (χ1n) is 11.6. The van der Waals surface area contributed by atoms with E-state index in [-0.39, 0.29) is 0 Å². The fourth-order valence-corrected chi connectivity index (χ4v) is 4.42. The van der Waals surface area contributed by atoms with Crippen LogP contribution >= 0.6 is 11.8 Å². The molecule has 0 aliphatic rings. The van der Waals surface area contributed by atoms with Gasteiger partial charge in [-0.2, -0.15) is 0 Å². The fourth-order valence-electron chi connectivity index (χ4n) is 3.51. The van der Waals surface area contributed by atoms with Gasteiger partial charge in [-0.1, -0.05) is 103 Å². The summed E-state index contributed by atoms with van der Waals surface area (Å²) in [4.78, 5) is 1.36. The standard InChI is InChI=1S/C25H44OS/c1-3-4-5-6-7-8-9-10-11-12-13-14-15-16-17-18-23-27-25-21-19-24(26-2)20-22-25/h19-22H,3-18,23H2,1-2H3. The predicted octanol–water partition coefficient (Wildman–Crippen LogP) is 9.05.